The normalized spacial score (nSPS) is 10.2. The first-order valence-electron chi connectivity index (χ1n) is 5.58. The van der Waals surface area contributed by atoms with E-state index in [2.05, 4.69) is 21.4 Å². The molecule has 0 bridgehead atoms. The van der Waals surface area contributed by atoms with Gasteiger partial charge in [0.05, 0.1) is 11.6 Å². The van der Waals surface area contributed by atoms with Crippen molar-refractivity contribution in [2.24, 2.45) is 0 Å². The Labute approximate surface area is 124 Å². The first-order valence-corrected chi connectivity index (χ1v) is 6.75. The van der Waals surface area contributed by atoms with E-state index in [1.165, 1.54) is 0 Å². The van der Waals surface area contributed by atoms with E-state index in [0.29, 0.717) is 21.7 Å². The van der Waals surface area contributed by atoms with E-state index >= 15 is 0 Å². The molecular weight excluding hydrogens is 330 g/mol. The number of hydroxylamine groups is 1. The third kappa shape index (κ3) is 4.06. The number of amides is 1. The highest BCUT2D eigenvalue weighted by Gasteiger charge is 2.07. The van der Waals surface area contributed by atoms with Gasteiger partial charge in [0.2, 0.25) is 0 Å². The number of benzene rings is 2. The van der Waals surface area contributed by atoms with Crippen LogP contribution in [0.25, 0.3) is 0 Å². The molecule has 0 fully saturated rings. The van der Waals surface area contributed by atoms with E-state index in [9.17, 15) is 4.79 Å². The number of hydrogen-bond donors (Lipinski definition) is 1. The Hall–Kier alpha value is -1.36. The summed E-state index contributed by atoms with van der Waals surface area (Å²) in [4.78, 5) is 17.0. The Bertz CT molecular complexity index is 575. The lowest BCUT2D eigenvalue weighted by atomic mass is 10.2. The van der Waals surface area contributed by atoms with Crippen molar-refractivity contribution in [1.82, 2.24) is 5.48 Å². The SMILES string of the molecule is O=C(NOCc1ccccc1)c1ccc(Cl)c(Br)c1. The molecule has 0 aliphatic rings. The van der Waals surface area contributed by atoms with Gasteiger partial charge in [0.25, 0.3) is 5.91 Å². The van der Waals surface area contributed by atoms with Crippen LogP contribution in [-0.4, -0.2) is 5.91 Å². The van der Waals surface area contributed by atoms with Crippen molar-refractivity contribution in [1.29, 1.82) is 0 Å². The largest absolute Gasteiger partial charge is 0.274 e. The summed E-state index contributed by atoms with van der Waals surface area (Å²) >= 11 is 9.13. The fraction of sp³-hybridized carbons (Fsp3) is 0.0714. The molecule has 0 heterocycles. The van der Waals surface area contributed by atoms with Crippen LogP contribution >= 0.6 is 27.5 Å². The molecule has 0 spiro atoms. The van der Waals surface area contributed by atoms with Crippen LogP contribution < -0.4 is 5.48 Å². The second-order valence-electron chi connectivity index (χ2n) is 3.83. The van der Waals surface area contributed by atoms with E-state index in [1.807, 2.05) is 30.3 Å². The molecular formula is C14H11BrClNO2. The van der Waals surface area contributed by atoms with Crippen molar-refractivity contribution >= 4 is 33.4 Å². The molecule has 19 heavy (non-hydrogen) atoms. The first-order chi connectivity index (χ1) is 9.16. The van der Waals surface area contributed by atoms with Gasteiger partial charge < -0.3 is 0 Å². The summed E-state index contributed by atoms with van der Waals surface area (Å²) < 4.78 is 0.671. The first kappa shape index (κ1) is 14.1. The van der Waals surface area contributed by atoms with Crippen LogP contribution in [0.4, 0.5) is 0 Å². The smallest absolute Gasteiger partial charge is 0.269 e. The summed E-state index contributed by atoms with van der Waals surface area (Å²) in [6, 6.07) is 14.5. The average Bonchev–Trinajstić information content (AvgIpc) is 2.43. The van der Waals surface area contributed by atoms with Crippen LogP contribution in [0, 0.1) is 0 Å². The summed E-state index contributed by atoms with van der Waals surface area (Å²) in [6.45, 7) is 0.321. The van der Waals surface area contributed by atoms with E-state index in [1.54, 1.807) is 18.2 Å². The minimum absolute atomic E-state index is 0.312. The van der Waals surface area contributed by atoms with E-state index in [4.69, 9.17) is 16.4 Å². The van der Waals surface area contributed by atoms with Gasteiger partial charge in [0.15, 0.2) is 0 Å². The Morgan fingerprint density at radius 2 is 1.95 bits per heavy atom. The van der Waals surface area contributed by atoms with Crippen molar-refractivity contribution < 1.29 is 9.63 Å². The molecule has 2 rings (SSSR count). The van der Waals surface area contributed by atoms with E-state index in [0.717, 1.165) is 5.56 Å². The molecule has 0 saturated carbocycles. The van der Waals surface area contributed by atoms with Gasteiger partial charge in [0.1, 0.15) is 0 Å². The van der Waals surface area contributed by atoms with Crippen molar-refractivity contribution in [3.63, 3.8) is 0 Å². The zero-order valence-electron chi connectivity index (χ0n) is 9.90. The Morgan fingerprint density at radius 1 is 1.21 bits per heavy atom. The number of hydrogen-bond acceptors (Lipinski definition) is 2. The molecule has 1 amide bonds. The summed E-state index contributed by atoms with van der Waals surface area (Å²) in [6.07, 6.45) is 0. The zero-order valence-corrected chi connectivity index (χ0v) is 12.2. The molecule has 0 aromatic heterocycles. The fourth-order valence-corrected chi connectivity index (χ4v) is 1.95. The van der Waals surface area contributed by atoms with Gasteiger partial charge in [-0.05, 0) is 39.7 Å². The number of carbonyl (C=O) groups excluding carboxylic acids is 1. The van der Waals surface area contributed by atoms with Crippen molar-refractivity contribution in [3.8, 4) is 0 Å². The lowest BCUT2D eigenvalue weighted by molar-refractivity contribution is 0.0233. The van der Waals surface area contributed by atoms with Gasteiger partial charge >= 0.3 is 0 Å². The molecule has 1 N–H and O–H groups in total. The molecule has 2 aromatic rings. The van der Waals surface area contributed by atoms with Crippen LogP contribution in [-0.2, 0) is 11.4 Å². The van der Waals surface area contributed by atoms with Crippen molar-refractivity contribution in [2.75, 3.05) is 0 Å². The second-order valence-corrected chi connectivity index (χ2v) is 5.10. The molecule has 5 heteroatoms. The minimum Gasteiger partial charge on any atom is -0.269 e. The average molecular weight is 341 g/mol. The van der Waals surface area contributed by atoms with Crippen LogP contribution in [0.3, 0.4) is 0 Å². The number of carbonyl (C=O) groups is 1. The van der Waals surface area contributed by atoms with Gasteiger partial charge in [-0.2, -0.15) is 0 Å². The molecule has 0 aliphatic carbocycles. The predicted octanol–water partition coefficient (Wildman–Crippen LogP) is 3.96. The van der Waals surface area contributed by atoms with Crippen LogP contribution in [0.15, 0.2) is 53.0 Å². The molecule has 0 radical (unpaired) electrons. The standard InChI is InChI=1S/C14H11BrClNO2/c15-12-8-11(6-7-13(12)16)14(18)17-19-9-10-4-2-1-3-5-10/h1-8H,9H2,(H,17,18). The summed E-state index contributed by atoms with van der Waals surface area (Å²) in [7, 11) is 0. The maximum Gasteiger partial charge on any atom is 0.274 e. The molecule has 0 aliphatic heterocycles. The molecule has 0 saturated heterocycles. The van der Waals surface area contributed by atoms with E-state index < -0.39 is 0 Å². The van der Waals surface area contributed by atoms with Crippen LogP contribution in [0.2, 0.25) is 5.02 Å². The summed E-state index contributed by atoms with van der Waals surface area (Å²) in [5.41, 5.74) is 3.85. The Kier molecular flexibility index (Phi) is 4.96. The molecule has 98 valence electrons. The summed E-state index contributed by atoms with van der Waals surface area (Å²) in [5, 5.41) is 0.557. The van der Waals surface area contributed by atoms with Crippen LogP contribution in [0.1, 0.15) is 15.9 Å². The highest BCUT2D eigenvalue weighted by atomic mass is 79.9. The van der Waals surface area contributed by atoms with Gasteiger partial charge in [-0.25, -0.2) is 5.48 Å². The third-order valence-corrected chi connectivity index (χ3v) is 3.64. The molecule has 3 nitrogen and oxygen atoms in total. The minimum atomic E-state index is -0.312. The number of halogens is 2. The zero-order chi connectivity index (χ0) is 13.7. The Morgan fingerprint density at radius 3 is 2.63 bits per heavy atom. The molecule has 0 unspecified atom stereocenters. The third-order valence-electron chi connectivity index (χ3n) is 2.43. The topological polar surface area (TPSA) is 38.3 Å². The van der Waals surface area contributed by atoms with Gasteiger partial charge in [0, 0.05) is 10.0 Å². The van der Waals surface area contributed by atoms with Crippen molar-refractivity contribution in [2.45, 2.75) is 6.61 Å². The molecule has 2 aromatic carbocycles. The lowest BCUT2D eigenvalue weighted by Crippen LogP contribution is -2.23. The maximum atomic E-state index is 11.8. The van der Waals surface area contributed by atoms with Crippen molar-refractivity contribution in [3.05, 3.63) is 69.2 Å². The van der Waals surface area contributed by atoms with Crippen LogP contribution in [0.5, 0.6) is 0 Å². The predicted molar refractivity (Wildman–Crippen MR) is 77.8 cm³/mol. The monoisotopic (exact) mass is 339 g/mol. The highest BCUT2D eigenvalue weighted by Crippen LogP contribution is 2.23. The lowest BCUT2D eigenvalue weighted by Gasteiger charge is -2.06. The molecule has 0 atom stereocenters. The Balaban J connectivity index is 1.89. The highest BCUT2D eigenvalue weighted by molar-refractivity contribution is 9.10. The van der Waals surface area contributed by atoms with Gasteiger partial charge in [-0.15, -0.1) is 0 Å². The second kappa shape index (κ2) is 6.70. The van der Waals surface area contributed by atoms with E-state index in [-0.39, 0.29) is 5.91 Å². The van der Waals surface area contributed by atoms with Gasteiger partial charge in [-0.1, -0.05) is 41.9 Å². The quantitative estimate of drug-likeness (QED) is 0.856. The summed E-state index contributed by atoms with van der Waals surface area (Å²) in [5.74, 6) is -0.312. The maximum absolute atomic E-state index is 11.8. The number of nitrogens with one attached hydrogen (secondary N) is 1. The fourth-order valence-electron chi connectivity index (χ4n) is 1.46. The van der Waals surface area contributed by atoms with Gasteiger partial charge in [-0.3, -0.25) is 9.63 Å². The number of rotatable bonds is 4.